The van der Waals surface area contributed by atoms with Gasteiger partial charge >= 0.3 is 0 Å². The number of hydrogen-bond acceptors (Lipinski definition) is 4. The Morgan fingerprint density at radius 2 is 2.27 bits per heavy atom. The van der Waals surface area contributed by atoms with Gasteiger partial charge in [-0.25, -0.2) is 0 Å². The third-order valence-electron chi connectivity index (χ3n) is 4.57. The van der Waals surface area contributed by atoms with E-state index in [9.17, 15) is 9.90 Å². The van der Waals surface area contributed by atoms with Crippen molar-refractivity contribution in [2.24, 2.45) is 5.92 Å². The van der Waals surface area contributed by atoms with E-state index in [2.05, 4.69) is 17.5 Å². The zero-order valence-electron chi connectivity index (χ0n) is 12.9. The van der Waals surface area contributed by atoms with Gasteiger partial charge in [0, 0.05) is 43.9 Å². The summed E-state index contributed by atoms with van der Waals surface area (Å²) < 4.78 is 7.24. The molecule has 0 aliphatic carbocycles. The summed E-state index contributed by atoms with van der Waals surface area (Å²) in [6.07, 6.45) is 2.35. The predicted molar refractivity (Wildman–Crippen MR) is 85.0 cm³/mol. The number of ether oxygens (including phenoxy) is 1. The van der Waals surface area contributed by atoms with Gasteiger partial charge in [-0.1, -0.05) is 12.1 Å². The second-order valence-electron chi connectivity index (χ2n) is 6.40. The summed E-state index contributed by atoms with van der Waals surface area (Å²) in [5.74, 6) is 0.885. The second kappa shape index (κ2) is 6.77. The molecule has 22 heavy (non-hydrogen) atoms. The summed E-state index contributed by atoms with van der Waals surface area (Å²) in [6, 6.07) is 5.56. The monoisotopic (exact) mass is 304 g/mol. The number of β-amino-alcohol motifs (C(OH)–C–C–N with tert-alkyl or cyclic N) is 1. The molecule has 1 saturated heterocycles. The van der Waals surface area contributed by atoms with Crippen LogP contribution in [0.1, 0.15) is 18.0 Å². The van der Waals surface area contributed by atoms with Crippen LogP contribution in [0.3, 0.4) is 0 Å². The highest BCUT2D eigenvalue weighted by Crippen LogP contribution is 2.34. The highest BCUT2D eigenvalue weighted by Gasteiger charge is 2.34. The van der Waals surface area contributed by atoms with Crippen LogP contribution >= 0.6 is 0 Å². The third kappa shape index (κ3) is 3.32. The fraction of sp³-hybridized carbons (Fsp3) is 0.588. The Balaban J connectivity index is 1.63. The molecule has 120 valence electrons. The SMILES string of the molecule is C=CCOC[C@H](O)CN1C[C@H]2C[C@H](C1)c1cccc(=O)n1C2. The first kappa shape index (κ1) is 15.5. The van der Waals surface area contributed by atoms with Gasteiger partial charge < -0.3 is 14.4 Å². The van der Waals surface area contributed by atoms with Crippen molar-refractivity contribution in [2.45, 2.75) is 25.0 Å². The molecule has 0 amide bonds. The van der Waals surface area contributed by atoms with E-state index in [4.69, 9.17) is 4.74 Å². The number of piperidine rings is 1. The van der Waals surface area contributed by atoms with Crippen molar-refractivity contribution in [1.29, 1.82) is 0 Å². The Bertz CT molecular complexity index is 584. The summed E-state index contributed by atoms with van der Waals surface area (Å²) in [7, 11) is 0. The van der Waals surface area contributed by atoms with Gasteiger partial charge in [-0.05, 0) is 18.4 Å². The Hall–Kier alpha value is -1.43. The molecule has 2 bridgehead atoms. The Kier molecular flexibility index (Phi) is 4.76. The number of fused-ring (bicyclic) bond motifs is 4. The van der Waals surface area contributed by atoms with Crippen LogP contribution in [0.15, 0.2) is 35.6 Å². The lowest BCUT2D eigenvalue weighted by Crippen LogP contribution is -2.49. The minimum absolute atomic E-state index is 0.110. The van der Waals surface area contributed by atoms with E-state index in [1.165, 1.54) is 0 Å². The highest BCUT2D eigenvalue weighted by molar-refractivity contribution is 5.16. The Morgan fingerprint density at radius 1 is 1.41 bits per heavy atom. The number of rotatable bonds is 6. The lowest BCUT2D eigenvalue weighted by atomic mass is 9.83. The molecule has 0 saturated carbocycles. The summed E-state index contributed by atoms with van der Waals surface area (Å²) in [4.78, 5) is 14.3. The third-order valence-corrected chi connectivity index (χ3v) is 4.57. The van der Waals surface area contributed by atoms with Gasteiger partial charge in [0.2, 0.25) is 0 Å². The van der Waals surface area contributed by atoms with Crippen LogP contribution < -0.4 is 5.56 Å². The van der Waals surface area contributed by atoms with Crippen LogP contribution in [0.5, 0.6) is 0 Å². The van der Waals surface area contributed by atoms with Crippen molar-refractivity contribution in [3.05, 3.63) is 46.9 Å². The number of aromatic nitrogens is 1. The first-order valence-electron chi connectivity index (χ1n) is 7.96. The molecule has 1 aromatic rings. The van der Waals surface area contributed by atoms with Crippen LogP contribution in [0, 0.1) is 5.92 Å². The van der Waals surface area contributed by atoms with Crippen LogP contribution in [0.4, 0.5) is 0 Å². The standard InChI is InChI=1S/C17H24N2O3/c1-2-6-22-12-15(20)11-18-8-13-7-14(10-18)16-4-3-5-17(21)19(16)9-13/h2-5,13-15,20H,1,6-12H2/t13-,14-,15-/m1/s1. The molecular formula is C17H24N2O3. The smallest absolute Gasteiger partial charge is 0.250 e. The normalized spacial score (nSPS) is 25.5. The molecule has 1 aromatic heterocycles. The van der Waals surface area contributed by atoms with Crippen molar-refractivity contribution < 1.29 is 9.84 Å². The van der Waals surface area contributed by atoms with Crippen molar-refractivity contribution in [3.8, 4) is 0 Å². The van der Waals surface area contributed by atoms with E-state index in [0.29, 0.717) is 31.6 Å². The second-order valence-corrected chi connectivity index (χ2v) is 6.40. The minimum atomic E-state index is -0.475. The average Bonchev–Trinajstić information content (AvgIpc) is 2.48. The van der Waals surface area contributed by atoms with Gasteiger partial charge in [0.25, 0.3) is 5.56 Å². The van der Waals surface area contributed by atoms with Gasteiger partial charge in [-0.2, -0.15) is 0 Å². The van der Waals surface area contributed by atoms with E-state index in [1.807, 2.05) is 10.6 Å². The summed E-state index contributed by atoms with van der Waals surface area (Å²) in [5, 5.41) is 10.1. The van der Waals surface area contributed by atoms with E-state index >= 15 is 0 Å². The molecule has 2 aliphatic heterocycles. The van der Waals surface area contributed by atoms with Gasteiger partial charge in [0.05, 0.1) is 19.3 Å². The molecule has 0 radical (unpaired) electrons. The molecule has 3 rings (SSSR count). The van der Waals surface area contributed by atoms with Crippen LogP contribution in [-0.4, -0.2) is 53.5 Å². The maximum atomic E-state index is 12.0. The zero-order valence-corrected chi connectivity index (χ0v) is 12.9. The molecule has 5 heteroatoms. The number of hydrogen-bond donors (Lipinski definition) is 1. The van der Waals surface area contributed by atoms with Crippen molar-refractivity contribution >= 4 is 0 Å². The summed E-state index contributed by atoms with van der Waals surface area (Å²) in [5.41, 5.74) is 1.25. The number of likely N-dealkylation sites (tertiary alicyclic amines) is 1. The maximum absolute atomic E-state index is 12.0. The molecule has 1 fully saturated rings. The molecule has 5 nitrogen and oxygen atoms in total. The topological polar surface area (TPSA) is 54.7 Å². The zero-order chi connectivity index (χ0) is 15.5. The molecule has 3 atom stereocenters. The van der Waals surface area contributed by atoms with E-state index in [1.54, 1.807) is 12.1 Å². The fourth-order valence-electron chi connectivity index (χ4n) is 3.78. The molecular weight excluding hydrogens is 280 g/mol. The van der Waals surface area contributed by atoms with Crippen molar-refractivity contribution in [3.63, 3.8) is 0 Å². The molecule has 0 spiro atoms. The van der Waals surface area contributed by atoms with Gasteiger partial charge in [-0.3, -0.25) is 9.69 Å². The van der Waals surface area contributed by atoms with Crippen LogP contribution in [-0.2, 0) is 11.3 Å². The molecule has 1 N–H and O–H groups in total. The maximum Gasteiger partial charge on any atom is 0.250 e. The van der Waals surface area contributed by atoms with Crippen molar-refractivity contribution in [2.75, 3.05) is 32.8 Å². The number of aliphatic hydroxyl groups is 1. The quantitative estimate of drug-likeness (QED) is 0.625. The fourth-order valence-corrected chi connectivity index (χ4v) is 3.78. The predicted octanol–water partition coefficient (Wildman–Crippen LogP) is 0.831. The first-order chi connectivity index (χ1) is 10.7. The van der Waals surface area contributed by atoms with E-state index in [0.717, 1.165) is 31.7 Å². The average molecular weight is 304 g/mol. The molecule has 0 unspecified atom stereocenters. The highest BCUT2D eigenvalue weighted by atomic mass is 16.5. The molecule has 0 aromatic carbocycles. The number of aliphatic hydroxyl groups excluding tert-OH is 1. The molecule has 2 aliphatic rings. The first-order valence-corrected chi connectivity index (χ1v) is 7.96. The lowest BCUT2D eigenvalue weighted by Gasteiger charge is -2.43. The lowest BCUT2D eigenvalue weighted by molar-refractivity contribution is 0.0100. The van der Waals surface area contributed by atoms with Gasteiger partial charge in [0.15, 0.2) is 0 Å². The summed E-state index contributed by atoms with van der Waals surface area (Å²) >= 11 is 0. The largest absolute Gasteiger partial charge is 0.389 e. The van der Waals surface area contributed by atoms with Crippen LogP contribution in [0.25, 0.3) is 0 Å². The van der Waals surface area contributed by atoms with E-state index in [-0.39, 0.29) is 5.56 Å². The summed E-state index contributed by atoms with van der Waals surface area (Å²) in [6.45, 7) is 7.67. The molecule has 3 heterocycles. The van der Waals surface area contributed by atoms with Gasteiger partial charge in [0.1, 0.15) is 0 Å². The van der Waals surface area contributed by atoms with Crippen molar-refractivity contribution in [1.82, 2.24) is 9.47 Å². The van der Waals surface area contributed by atoms with Crippen LogP contribution in [0.2, 0.25) is 0 Å². The number of nitrogens with zero attached hydrogens (tertiary/aromatic N) is 2. The Morgan fingerprint density at radius 3 is 3.09 bits per heavy atom. The number of pyridine rings is 1. The minimum Gasteiger partial charge on any atom is -0.389 e. The van der Waals surface area contributed by atoms with Gasteiger partial charge in [-0.15, -0.1) is 6.58 Å². The Labute approximate surface area is 130 Å². The van der Waals surface area contributed by atoms with E-state index < -0.39 is 6.10 Å².